The zero-order valence-electron chi connectivity index (χ0n) is 22.8. The smallest absolute Gasteiger partial charge is 0.159 e. The highest BCUT2D eigenvalue weighted by Crippen LogP contribution is 2.33. The Bertz CT molecular complexity index is 2000. The van der Waals surface area contributed by atoms with Gasteiger partial charge in [-0.15, -0.1) is 0 Å². The van der Waals surface area contributed by atoms with Crippen molar-refractivity contribution in [2.45, 2.75) is 6.17 Å². The second-order valence-corrected chi connectivity index (χ2v) is 10.2. The molecule has 0 aromatic heterocycles. The third-order valence-corrected chi connectivity index (χ3v) is 7.60. The maximum Gasteiger partial charge on any atom is 0.159 e. The molecule has 42 heavy (non-hydrogen) atoms. The number of benzene rings is 6. The number of hydrogen-bond acceptors (Lipinski definition) is 4. The molecule has 0 fully saturated rings. The maximum absolute atomic E-state index is 9.64. The average molecular weight is 539 g/mol. The lowest BCUT2D eigenvalue weighted by Crippen LogP contribution is -2.33. The fourth-order valence-corrected chi connectivity index (χ4v) is 5.45. The minimum atomic E-state index is -0.227. The molecule has 198 valence electrons. The van der Waals surface area contributed by atoms with Crippen LogP contribution < -0.4 is 5.32 Å². The lowest BCUT2D eigenvalue weighted by Gasteiger charge is -2.23. The standard InChI is InChI=1S/C38H26N4/c39-25-32-14-7-8-16-33(32)35-17-9-15-31-24-30(22-23-34(31)35)26-18-20-29(21-19-26)38-41-36(27-10-3-1-4-11-27)40-37(42-38)28-12-5-2-6-13-28/h1-24,36H,(H,40,41,42). The Balaban J connectivity index is 1.23. The highest BCUT2D eigenvalue weighted by atomic mass is 15.2. The number of nitrogens with zero attached hydrogens (tertiary/aromatic N) is 3. The summed E-state index contributed by atoms with van der Waals surface area (Å²) in [5.74, 6) is 1.51. The van der Waals surface area contributed by atoms with Crippen LogP contribution in [0.4, 0.5) is 0 Å². The van der Waals surface area contributed by atoms with Crippen molar-refractivity contribution < 1.29 is 0 Å². The number of nitriles is 1. The van der Waals surface area contributed by atoms with Crippen molar-refractivity contribution in [2.24, 2.45) is 9.98 Å². The van der Waals surface area contributed by atoms with Crippen molar-refractivity contribution in [3.63, 3.8) is 0 Å². The molecule has 0 saturated heterocycles. The van der Waals surface area contributed by atoms with Crippen molar-refractivity contribution in [3.05, 3.63) is 168 Å². The van der Waals surface area contributed by atoms with Crippen LogP contribution in [-0.2, 0) is 0 Å². The largest absolute Gasteiger partial charge is 0.344 e. The van der Waals surface area contributed by atoms with Crippen LogP contribution in [0.5, 0.6) is 0 Å². The summed E-state index contributed by atoms with van der Waals surface area (Å²) in [7, 11) is 0. The first-order chi connectivity index (χ1) is 20.8. The van der Waals surface area contributed by atoms with Gasteiger partial charge in [0, 0.05) is 16.7 Å². The summed E-state index contributed by atoms with van der Waals surface area (Å²) < 4.78 is 0. The molecule has 0 saturated carbocycles. The van der Waals surface area contributed by atoms with Crippen LogP contribution in [0, 0.1) is 11.3 Å². The first kappa shape index (κ1) is 25.2. The molecule has 1 aliphatic rings. The quantitative estimate of drug-likeness (QED) is 0.239. The molecular weight excluding hydrogens is 512 g/mol. The van der Waals surface area contributed by atoms with Crippen molar-refractivity contribution in [3.8, 4) is 28.3 Å². The van der Waals surface area contributed by atoms with E-state index in [0.717, 1.165) is 55.6 Å². The zero-order chi connectivity index (χ0) is 28.3. The van der Waals surface area contributed by atoms with Gasteiger partial charge in [0.05, 0.1) is 11.6 Å². The molecule has 0 radical (unpaired) electrons. The molecule has 1 N–H and O–H groups in total. The van der Waals surface area contributed by atoms with Gasteiger partial charge in [-0.25, -0.2) is 9.98 Å². The average Bonchev–Trinajstić information content (AvgIpc) is 3.08. The van der Waals surface area contributed by atoms with Crippen LogP contribution in [-0.4, -0.2) is 11.7 Å². The third kappa shape index (κ3) is 4.85. The van der Waals surface area contributed by atoms with E-state index in [1.54, 1.807) is 0 Å². The molecule has 0 aliphatic carbocycles. The number of fused-ring (bicyclic) bond motifs is 1. The molecule has 1 unspecified atom stereocenters. The van der Waals surface area contributed by atoms with Gasteiger partial charge in [-0.05, 0) is 45.2 Å². The Morgan fingerprint density at radius 1 is 0.571 bits per heavy atom. The first-order valence-corrected chi connectivity index (χ1v) is 13.9. The van der Waals surface area contributed by atoms with E-state index in [9.17, 15) is 5.26 Å². The Morgan fingerprint density at radius 3 is 2.02 bits per heavy atom. The molecule has 4 heteroatoms. The van der Waals surface area contributed by atoms with Gasteiger partial charge in [-0.3, -0.25) is 0 Å². The van der Waals surface area contributed by atoms with E-state index in [1.807, 2.05) is 60.7 Å². The normalized spacial score (nSPS) is 14.4. The van der Waals surface area contributed by atoms with E-state index < -0.39 is 0 Å². The molecule has 6 aromatic carbocycles. The van der Waals surface area contributed by atoms with Crippen LogP contribution in [0.2, 0.25) is 0 Å². The predicted molar refractivity (Wildman–Crippen MR) is 171 cm³/mol. The molecule has 0 bridgehead atoms. The Hall–Kier alpha value is -5.79. The summed E-state index contributed by atoms with van der Waals surface area (Å²) in [6, 6.07) is 51.7. The van der Waals surface area contributed by atoms with Crippen LogP contribution in [0.25, 0.3) is 33.0 Å². The minimum Gasteiger partial charge on any atom is -0.344 e. The minimum absolute atomic E-state index is 0.227. The van der Waals surface area contributed by atoms with Crippen LogP contribution in [0.15, 0.2) is 156 Å². The van der Waals surface area contributed by atoms with E-state index >= 15 is 0 Å². The van der Waals surface area contributed by atoms with Crippen LogP contribution in [0.1, 0.15) is 28.4 Å². The summed E-state index contributed by atoms with van der Waals surface area (Å²) in [5.41, 5.74) is 8.01. The van der Waals surface area contributed by atoms with Crippen molar-refractivity contribution >= 4 is 22.4 Å². The van der Waals surface area contributed by atoms with Gasteiger partial charge in [-0.2, -0.15) is 5.26 Å². The van der Waals surface area contributed by atoms with Crippen molar-refractivity contribution in [2.75, 3.05) is 0 Å². The SMILES string of the molecule is N#Cc1ccccc1-c1cccc2cc(-c3ccc(C4=NC(c5ccccc5)NC(c5ccccc5)=N4)cc3)ccc12. The second-order valence-electron chi connectivity index (χ2n) is 10.2. The van der Waals surface area contributed by atoms with Crippen LogP contribution >= 0.6 is 0 Å². The molecule has 0 amide bonds. The molecule has 4 nitrogen and oxygen atoms in total. The van der Waals surface area contributed by atoms with Gasteiger partial charge >= 0.3 is 0 Å². The Kier molecular flexibility index (Phi) is 6.60. The lowest BCUT2D eigenvalue weighted by atomic mass is 9.93. The number of rotatable bonds is 5. The van der Waals surface area contributed by atoms with E-state index in [0.29, 0.717) is 11.4 Å². The summed E-state index contributed by atoms with van der Waals surface area (Å²) in [5, 5.41) is 15.4. The molecule has 1 atom stereocenters. The topological polar surface area (TPSA) is 60.5 Å². The van der Waals surface area contributed by atoms with Crippen LogP contribution in [0.3, 0.4) is 0 Å². The van der Waals surface area contributed by atoms with Gasteiger partial charge in [0.25, 0.3) is 0 Å². The highest BCUT2D eigenvalue weighted by Gasteiger charge is 2.20. The first-order valence-electron chi connectivity index (χ1n) is 13.9. The molecule has 1 aliphatic heterocycles. The van der Waals surface area contributed by atoms with Gasteiger partial charge in [0.1, 0.15) is 12.0 Å². The summed E-state index contributed by atoms with van der Waals surface area (Å²) in [6.07, 6.45) is -0.227. The van der Waals surface area contributed by atoms with E-state index in [4.69, 9.17) is 9.98 Å². The van der Waals surface area contributed by atoms with Gasteiger partial charge in [-0.1, -0.05) is 133 Å². The Morgan fingerprint density at radius 2 is 1.24 bits per heavy atom. The number of amidine groups is 2. The zero-order valence-corrected chi connectivity index (χ0v) is 22.8. The number of hydrogen-bond donors (Lipinski definition) is 1. The fraction of sp³-hybridized carbons (Fsp3) is 0.0263. The lowest BCUT2D eigenvalue weighted by molar-refractivity contribution is 0.674. The van der Waals surface area contributed by atoms with Crippen molar-refractivity contribution in [1.29, 1.82) is 5.26 Å². The van der Waals surface area contributed by atoms with E-state index in [-0.39, 0.29) is 6.17 Å². The predicted octanol–water partition coefficient (Wildman–Crippen LogP) is 8.54. The van der Waals surface area contributed by atoms with E-state index in [2.05, 4.69) is 96.3 Å². The summed E-state index contributed by atoms with van der Waals surface area (Å²) in [6.45, 7) is 0. The summed E-state index contributed by atoms with van der Waals surface area (Å²) in [4.78, 5) is 9.92. The van der Waals surface area contributed by atoms with E-state index in [1.165, 1.54) is 0 Å². The maximum atomic E-state index is 9.64. The summed E-state index contributed by atoms with van der Waals surface area (Å²) >= 11 is 0. The highest BCUT2D eigenvalue weighted by molar-refractivity contribution is 6.13. The molecule has 6 aromatic rings. The fourth-order valence-electron chi connectivity index (χ4n) is 5.45. The molecule has 1 heterocycles. The second kappa shape index (κ2) is 11.0. The number of nitrogens with one attached hydrogen (secondary N) is 1. The number of aliphatic imine (C=N–C) groups is 2. The Labute approximate surface area is 245 Å². The van der Waals surface area contributed by atoms with Gasteiger partial charge < -0.3 is 5.32 Å². The molecular formula is C38H26N4. The van der Waals surface area contributed by atoms with Gasteiger partial charge in [0.15, 0.2) is 5.84 Å². The van der Waals surface area contributed by atoms with Crippen molar-refractivity contribution in [1.82, 2.24) is 5.32 Å². The molecule has 7 rings (SSSR count). The monoisotopic (exact) mass is 538 g/mol. The molecule has 0 spiro atoms. The third-order valence-electron chi connectivity index (χ3n) is 7.60. The van der Waals surface area contributed by atoms with Gasteiger partial charge in [0.2, 0.25) is 0 Å².